The van der Waals surface area contributed by atoms with E-state index in [1.54, 1.807) is 24.3 Å². The van der Waals surface area contributed by atoms with Gasteiger partial charge in [-0.15, -0.1) is 0 Å². The zero-order valence-electron chi connectivity index (χ0n) is 11.7. The first-order valence-corrected chi connectivity index (χ1v) is 6.58. The second-order valence-electron chi connectivity index (χ2n) is 4.88. The maximum atomic E-state index is 10.1. The average molecular weight is 267 g/mol. The van der Waals surface area contributed by atoms with E-state index in [9.17, 15) is 4.79 Å². The first-order chi connectivity index (χ1) is 9.69. The lowest BCUT2D eigenvalue weighted by Crippen LogP contribution is -1.96. The van der Waals surface area contributed by atoms with Crippen LogP contribution < -0.4 is 4.74 Å². The molecule has 0 aliphatic rings. The summed E-state index contributed by atoms with van der Waals surface area (Å²) in [5.74, 6) is 1.29. The summed E-state index contributed by atoms with van der Waals surface area (Å²) in [6.45, 7) is 4.87. The molecular weight excluding hydrogens is 250 g/mol. The number of hydrogen-bond acceptors (Lipinski definition) is 3. The highest BCUT2D eigenvalue weighted by atomic mass is 16.5. The summed E-state index contributed by atoms with van der Waals surface area (Å²) in [6, 6.07) is 15.5. The molecule has 2 aromatic carbocycles. The van der Waals surface area contributed by atoms with E-state index < -0.39 is 0 Å². The van der Waals surface area contributed by atoms with E-state index in [4.69, 9.17) is 4.74 Å². The standard InChI is InChI=1S/C17H17NO2/c1-13(2)15-5-3-14(4-6-15)11-20-17-9-7-16(8-10-17)18-12-19/h3-10,13H,11H2,1-2H3. The molecule has 0 aliphatic heterocycles. The largest absolute Gasteiger partial charge is 0.489 e. The molecule has 102 valence electrons. The van der Waals surface area contributed by atoms with E-state index in [0.29, 0.717) is 18.2 Å². The predicted molar refractivity (Wildman–Crippen MR) is 79.1 cm³/mol. The minimum absolute atomic E-state index is 0.522. The number of isocyanates is 1. The molecule has 0 atom stereocenters. The first kappa shape index (κ1) is 14.0. The van der Waals surface area contributed by atoms with Crippen LogP contribution >= 0.6 is 0 Å². The SMILES string of the molecule is CC(C)c1ccc(COc2ccc(N=C=O)cc2)cc1. The molecule has 0 amide bonds. The Morgan fingerprint density at radius 2 is 1.70 bits per heavy atom. The Kier molecular flexibility index (Phi) is 4.70. The summed E-state index contributed by atoms with van der Waals surface area (Å²) < 4.78 is 5.69. The number of benzene rings is 2. The molecule has 0 aliphatic carbocycles. The van der Waals surface area contributed by atoms with E-state index in [1.807, 2.05) is 0 Å². The van der Waals surface area contributed by atoms with Crippen molar-refractivity contribution in [3.05, 3.63) is 59.7 Å². The Morgan fingerprint density at radius 3 is 2.25 bits per heavy atom. The van der Waals surface area contributed by atoms with Crippen LogP contribution in [0.5, 0.6) is 5.75 Å². The van der Waals surface area contributed by atoms with Gasteiger partial charge in [0.2, 0.25) is 6.08 Å². The van der Waals surface area contributed by atoms with Crippen molar-refractivity contribution >= 4 is 11.8 Å². The Hall–Kier alpha value is -2.38. The van der Waals surface area contributed by atoms with Crippen molar-refractivity contribution in [1.82, 2.24) is 0 Å². The first-order valence-electron chi connectivity index (χ1n) is 6.58. The fourth-order valence-corrected chi connectivity index (χ4v) is 1.84. The van der Waals surface area contributed by atoms with Gasteiger partial charge in [-0.3, -0.25) is 0 Å². The predicted octanol–water partition coefficient (Wildman–Crippen LogP) is 4.36. The molecule has 0 unspecified atom stereocenters. The van der Waals surface area contributed by atoms with Crippen LogP contribution in [0.15, 0.2) is 53.5 Å². The van der Waals surface area contributed by atoms with Gasteiger partial charge in [0.15, 0.2) is 0 Å². The Balaban J connectivity index is 1.96. The lowest BCUT2D eigenvalue weighted by Gasteiger charge is -2.08. The van der Waals surface area contributed by atoms with Crippen LogP contribution in [0.1, 0.15) is 30.9 Å². The van der Waals surface area contributed by atoms with Gasteiger partial charge >= 0.3 is 0 Å². The molecule has 0 saturated carbocycles. The Bertz CT molecular complexity index is 594. The molecule has 0 radical (unpaired) electrons. The lowest BCUT2D eigenvalue weighted by atomic mass is 10.0. The molecule has 2 rings (SSSR count). The lowest BCUT2D eigenvalue weighted by molar-refractivity contribution is 0.306. The molecule has 3 heteroatoms. The number of ether oxygens (including phenoxy) is 1. The third kappa shape index (κ3) is 3.81. The van der Waals surface area contributed by atoms with Crippen molar-refractivity contribution in [3.8, 4) is 5.75 Å². The molecule has 0 fully saturated rings. The van der Waals surface area contributed by atoms with Crippen LogP contribution in [0.2, 0.25) is 0 Å². The maximum Gasteiger partial charge on any atom is 0.240 e. The van der Waals surface area contributed by atoms with Crippen molar-refractivity contribution in [2.45, 2.75) is 26.4 Å². The summed E-state index contributed by atoms with van der Waals surface area (Å²) in [7, 11) is 0. The average Bonchev–Trinajstić information content (AvgIpc) is 2.47. The Labute approximate surface area is 118 Å². The van der Waals surface area contributed by atoms with Crippen LogP contribution in [-0.4, -0.2) is 6.08 Å². The fraction of sp³-hybridized carbons (Fsp3) is 0.235. The molecule has 0 saturated heterocycles. The summed E-state index contributed by atoms with van der Waals surface area (Å²) >= 11 is 0. The zero-order chi connectivity index (χ0) is 14.4. The normalized spacial score (nSPS) is 10.2. The van der Waals surface area contributed by atoms with Gasteiger partial charge in [-0.25, -0.2) is 4.79 Å². The summed E-state index contributed by atoms with van der Waals surface area (Å²) in [4.78, 5) is 13.7. The number of rotatable bonds is 5. The molecule has 3 nitrogen and oxygen atoms in total. The van der Waals surface area contributed by atoms with Gasteiger partial charge in [0, 0.05) is 0 Å². The zero-order valence-corrected chi connectivity index (χ0v) is 11.7. The van der Waals surface area contributed by atoms with Gasteiger partial charge in [0.05, 0.1) is 5.69 Å². The molecule has 20 heavy (non-hydrogen) atoms. The van der Waals surface area contributed by atoms with Crippen molar-refractivity contribution in [1.29, 1.82) is 0 Å². The molecule has 0 heterocycles. The fourth-order valence-electron chi connectivity index (χ4n) is 1.84. The molecule has 0 aromatic heterocycles. The van der Waals surface area contributed by atoms with Crippen LogP contribution in [0.4, 0.5) is 5.69 Å². The minimum Gasteiger partial charge on any atom is -0.489 e. The quantitative estimate of drug-likeness (QED) is 0.596. The summed E-state index contributed by atoms with van der Waals surface area (Å²) in [5, 5.41) is 0. The molecule has 0 bridgehead atoms. The molecule has 0 spiro atoms. The highest BCUT2D eigenvalue weighted by Crippen LogP contribution is 2.19. The smallest absolute Gasteiger partial charge is 0.240 e. The second kappa shape index (κ2) is 6.69. The van der Waals surface area contributed by atoms with Gasteiger partial charge in [0.25, 0.3) is 0 Å². The maximum absolute atomic E-state index is 10.1. The van der Waals surface area contributed by atoms with Crippen molar-refractivity contribution in [2.75, 3.05) is 0 Å². The van der Waals surface area contributed by atoms with Gasteiger partial charge in [-0.2, -0.15) is 4.99 Å². The monoisotopic (exact) mass is 267 g/mol. The number of carbonyl (C=O) groups excluding carboxylic acids is 1. The van der Waals surface area contributed by atoms with Crippen molar-refractivity contribution < 1.29 is 9.53 Å². The Morgan fingerprint density at radius 1 is 1.05 bits per heavy atom. The third-order valence-corrected chi connectivity index (χ3v) is 3.06. The van der Waals surface area contributed by atoms with E-state index in [2.05, 4.69) is 43.1 Å². The van der Waals surface area contributed by atoms with Crippen molar-refractivity contribution in [3.63, 3.8) is 0 Å². The van der Waals surface area contributed by atoms with E-state index >= 15 is 0 Å². The molecular formula is C17H17NO2. The van der Waals surface area contributed by atoms with E-state index in [-0.39, 0.29) is 0 Å². The van der Waals surface area contributed by atoms with E-state index in [1.165, 1.54) is 11.6 Å². The van der Waals surface area contributed by atoms with Crippen LogP contribution in [0, 0.1) is 0 Å². The summed E-state index contributed by atoms with van der Waals surface area (Å²) in [6.07, 6.45) is 1.51. The van der Waals surface area contributed by atoms with Gasteiger partial charge in [-0.05, 0) is 41.3 Å². The van der Waals surface area contributed by atoms with Gasteiger partial charge in [0.1, 0.15) is 12.4 Å². The molecule has 0 N–H and O–H groups in total. The van der Waals surface area contributed by atoms with Gasteiger partial charge in [-0.1, -0.05) is 38.1 Å². The highest BCUT2D eigenvalue weighted by Gasteiger charge is 2.00. The third-order valence-electron chi connectivity index (χ3n) is 3.06. The second-order valence-corrected chi connectivity index (χ2v) is 4.88. The van der Waals surface area contributed by atoms with Crippen LogP contribution in [-0.2, 0) is 11.4 Å². The van der Waals surface area contributed by atoms with Gasteiger partial charge < -0.3 is 4.74 Å². The molecule has 2 aromatic rings. The number of nitrogens with zero attached hydrogens (tertiary/aromatic N) is 1. The number of hydrogen-bond donors (Lipinski definition) is 0. The summed E-state index contributed by atoms with van der Waals surface area (Å²) in [5.41, 5.74) is 3.03. The van der Waals surface area contributed by atoms with Crippen LogP contribution in [0.3, 0.4) is 0 Å². The van der Waals surface area contributed by atoms with E-state index in [0.717, 1.165) is 11.3 Å². The topological polar surface area (TPSA) is 38.7 Å². The minimum atomic E-state index is 0.522. The van der Waals surface area contributed by atoms with Crippen molar-refractivity contribution in [2.24, 2.45) is 4.99 Å². The van der Waals surface area contributed by atoms with Crippen LogP contribution in [0.25, 0.3) is 0 Å². The number of aliphatic imine (C=N–C) groups is 1. The highest BCUT2D eigenvalue weighted by molar-refractivity contribution is 5.50.